The van der Waals surface area contributed by atoms with Gasteiger partial charge in [-0.2, -0.15) is 0 Å². The van der Waals surface area contributed by atoms with Gasteiger partial charge in [0, 0.05) is 23.5 Å². The number of nitrogens with two attached hydrogens (primary N) is 1. The largest absolute Gasteiger partial charge is 0.366 e. The Balaban J connectivity index is 2.13. The minimum absolute atomic E-state index is 0.307. The second-order valence-corrected chi connectivity index (χ2v) is 8.95. The molecule has 2 rings (SSSR count). The van der Waals surface area contributed by atoms with Crippen LogP contribution >= 0.6 is 0 Å². The first-order chi connectivity index (χ1) is 15.1. The third-order valence-corrected chi connectivity index (χ3v) is 6.44. The summed E-state index contributed by atoms with van der Waals surface area (Å²) in [5.41, 5.74) is 11.1. The maximum Gasteiger partial charge on any atom is 0.251 e. The normalized spacial score (nSPS) is 11.2. The van der Waals surface area contributed by atoms with Crippen LogP contribution < -0.4 is 5.73 Å². The summed E-state index contributed by atoms with van der Waals surface area (Å²) in [6, 6.07) is 10.3. The van der Waals surface area contributed by atoms with Gasteiger partial charge >= 0.3 is 0 Å². The molecular weight excluding hydrogens is 380 g/mol. The number of benzene rings is 1. The summed E-state index contributed by atoms with van der Waals surface area (Å²) < 4.78 is 2.40. The first-order valence-corrected chi connectivity index (χ1v) is 12.7. The van der Waals surface area contributed by atoms with Crippen molar-refractivity contribution in [2.75, 3.05) is 0 Å². The number of aromatic nitrogens is 1. The highest BCUT2D eigenvalue weighted by Gasteiger charge is 2.24. The zero-order chi connectivity index (χ0) is 22.5. The highest BCUT2D eigenvalue weighted by atomic mass is 16.1. The number of carbonyl (C=O) groups is 1. The van der Waals surface area contributed by atoms with Gasteiger partial charge in [0.15, 0.2) is 0 Å². The summed E-state index contributed by atoms with van der Waals surface area (Å²) in [6.45, 7) is 7.56. The lowest BCUT2D eigenvalue weighted by molar-refractivity contribution is 0.1000. The predicted octanol–water partition coefficient (Wildman–Crippen LogP) is 7.83. The SMILES string of the molecule is CCCCCCCCCCCn1c(C)c(C(N)=O)c(-c2ccccc2)c1CCCCC. The summed E-state index contributed by atoms with van der Waals surface area (Å²) >= 11 is 0. The van der Waals surface area contributed by atoms with E-state index in [-0.39, 0.29) is 5.91 Å². The van der Waals surface area contributed by atoms with E-state index in [9.17, 15) is 4.79 Å². The standard InChI is InChI=1S/C28H44N2O/c1-4-6-8-9-10-11-12-13-18-22-30-23(3)26(28(29)31)27(24-19-16-14-17-20-24)25(30)21-15-7-5-2/h14,16-17,19-20H,4-13,15,18,21-22H2,1-3H3,(H2,29,31). The Morgan fingerprint density at radius 1 is 0.806 bits per heavy atom. The summed E-state index contributed by atoms with van der Waals surface area (Å²) in [4.78, 5) is 12.4. The number of carbonyl (C=O) groups excluding carboxylic acids is 1. The number of unbranched alkanes of at least 4 members (excludes halogenated alkanes) is 10. The molecule has 0 spiro atoms. The van der Waals surface area contributed by atoms with Crippen LogP contribution in [0, 0.1) is 6.92 Å². The van der Waals surface area contributed by atoms with Crippen molar-refractivity contribution < 1.29 is 4.79 Å². The van der Waals surface area contributed by atoms with E-state index < -0.39 is 0 Å². The Hall–Kier alpha value is -2.03. The number of primary amides is 1. The van der Waals surface area contributed by atoms with Gasteiger partial charge in [0.1, 0.15) is 0 Å². The predicted molar refractivity (Wildman–Crippen MR) is 134 cm³/mol. The molecule has 0 aliphatic heterocycles. The van der Waals surface area contributed by atoms with Gasteiger partial charge in [0.2, 0.25) is 0 Å². The van der Waals surface area contributed by atoms with Gasteiger partial charge in [-0.3, -0.25) is 4.79 Å². The quantitative estimate of drug-likeness (QED) is 0.274. The van der Waals surface area contributed by atoms with E-state index >= 15 is 0 Å². The molecule has 1 aromatic carbocycles. The van der Waals surface area contributed by atoms with Crippen LogP contribution in [0.15, 0.2) is 30.3 Å². The van der Waals surface area contributed by atoms with Gasteiger partial charge in [-0.05, 0) is 31.7 Å². The first-order valence-electron chi connectivity index (χ1n) is 12.7. The molecule has 172 valence electrons. The fourth-order valence-corrected chi connectivity index (χ4v) is 4.70. The molecule has 3 nitrogen and oxygen atoms in total. The minimum atomic E-state index is -0.307. The van der Waals surface area contributed by atoms with Crippen molar-refractivity contribution >= 4 is 5.91 Å². The third-order valence-electron chi connectivity index (χ3n) is 6.44. The van der Waals surface area contributed by atoms with E-state index in [1.54, 1.807) is 0 Å². The van der Waals surface area contributed by atoms with Crippen LogP contribution in [0.5, 0.6) is 0 Å². The summed E-state index contributed by atoms with van der Waals surface area (Å²) in [5, 5.41) is 0. The second-order valence-electron chi connectivity index (χ2n) is 8.95. The molecule has 0 saturated carbocycles. The molecule has 1 aromatic heterocycles. The molecule has 0 saturated heterocycles. The lowest BCUT2D eigenvalue weighted by atomic mass is 9.97. The van der Waals surface area contributed by atoms with E-state index in [1.165, 1.54) is 69.9 Å². The van der Waals surface area contributed by atoms with Crippen LogP contribution in [0.3, 0.4) is 0 Å². The van der Waals surface area contributed by atoms with Crippen molar-refractivity contribution in [3.05, 3.63) is 47.3 Å². The molecule has 1 heterocycles. The minimum Gasteiger partial charge on any atom is -0.366 e. The lowest BCUT2D eigenvalue weighted by Crippen LogP contribution is -2.13. The van der Waals surface area contributed by atoms with E-state index in [4.69, 9.17) is 5.73 Å². The first kappa shape index (κ1) is 25.2. The molecule has 0 aliphatic rings. The number of hydrogen-bond acceptors (Lipinski definition) is 1. The highest BCUT2D eigenvalue weighted by Crippen LogP contribution is 2.34. The van der Waals surface area contributed by atoms with Crippen LogP contribution in [-0.2, 0) is 13.0 Å². The van der Waals surface area contributed by atoms with E-state index in [1.807, 2.05) is 18.2 Å². The maximum atomic E-state index is 12.4. The van der Waals surface area contributed by atoms with Crippen molar-refractivity contribution in [1.29, 1.82) is 0 Å². The molecule has 0 bridgehead atoms. The second kappa shape index (κ2) is 14.1. The summed E-state index contributed by atoms with van der Waals surface area (Å²) in [7, 11) is 0. The molecule has 0 radical (unpaired) electrons. The van der Waals surface area contributed by atoms with Crippen molar-refractivity contribution in [2.24, 2.45) is 5.73 Å². The van der Waals surface area contributed by atoms with Gasteiger partial charge in [-0.15, -0.1) is 0 Å². The average Bonchev–Trinajstić information content (AvgIpc) is 3.05. The van der Waals surface area contributed by atoms with Crippen LogP contribution in [-0.4, -0.2) is 10.5 Å². The maximum absolute atomic E-state index is 12.4. The Kier molecular flexibility index (Phi) is 11.5. The molecule has 0 unspecified atom stereocenters. The Morgan fingerprint density at radius 3 is 1.94 bits per heavy atom. The number of rotatable bonds is 16. The third kappa shape index (κ3) is 7.55. The average molecular weight is 425 g/mol. The molecule has 2 N–H and O–H groups in total. The fraction of sp³-hybridized carbons (Fsp3) is 0.607. The van der Waals surface area contributed by atoms with Gasteiger partial charge in [-0.1, -0.05) is 108 Å². The summed E-state index contributed by atoms with van der Waals surface area (Å²) in [5.74, 6) is -0.307. The number of amides is 1. The monoisotopic (exact) mass is 424 g/mol. The van der Waals surface area contributed by atoms with Crippen molar-refractivity contribution in [2.45, 2.75) is 111 Å². The van der Waals surface area contributed by atoms with Crippen LogP contribution in [0.2, 0.25) is 0 Å². The smallest absolute Gasteiger partial charge is 0.251 e. The van der Waals surface area contributed by atoms with Crippen LogP contribution in [0.25, 0.3) is 11.1 Å². The summed E-state index contributed by atoms with van der Waals surface area (Å²) in [6.07, 6.45) is 16.5. The van der Waals surface area contributed by atoms with Crippen LogP contribution in [0.4, 0.5) is 0 Å². The molecule has 3 heteroatoms. The molecule has 0 fully saturated rings. The number of nitrogens with zero attached hydrogens (tertiary/aromatic N) is 1. The van der Waals surface area contributed by atoms with E-state index in [0.29, 0.717) is 5.56 Å². The van der Waals surface area contributed by atoms with Gasteiger partial charge < -0.3 is 10.3 Å². The number of hydrogen-bond donors (Lipinski definition) is 1. The van der Waals surface area contributed by atoms with Gasteiger partial charge in [0.05, 0.1) is 5.56 Å². The van der Waals surface area contributed by atoms with E-state index in [2.05, 4.69) is 37.5 Å². The molecule has 2 aromatic rings. The fourth-order valence-electron chi connectivity index (χ4n) is 4.70. The van der Waals surface area contributed by atoms with Gasteiger partial charge in [-0.25, -0.2) is 0 Å². The molecule has 0 aliphatic carbocycles. The molecule has 0 atom stereocenters. The Bertz CT molecular complexity index is 776. The Labute approximate surface area is 190 Å². The van der Waals surface area contributed by atoms with Crippen molar-refractivity contribution in [3.63, 3.8) is 0 Å². The van der Waals surface area contributed by atoms with Crippen LogP contribution in [0.1, 0.15) is 113 Å². The lowest BCUT2D eigenvalue weighted by Gasteiger charge is -2.13. The highest BCUT2D eigenvalue weighted by molar-refractivity contribution is 6.02. The molecule has 1 amide bonds. The van der Waals surface area contributed by atoms with Crippen molar-refractivity contribution in [1.82, 2.24) is 4.57 Å². The van der Waals surface area contributed by atoms with Gasteiger partial charge in [0.25, 0.3) is 5.91 Å². The zero-order valence-electron chi connectivity index (χ0n) is 20.2. The van der Waals surface area contributed by atoms with Crippen molar-refractivity contribution in [3.8, 4) is 11.1 Å². The molecular formula is C28H44N2O. The Morgan fingerprint density at radius 2 is 1.35 bits per heavy atom. The zero-order valence-corrected chi connectivity index (χ0v) is 20.2. The van der Waals surface area contributed by atoms with E-state index in [0.717, 1.165) is 42.6 Å². The molecule has 31 heavy (non-hydrogen) atoms. The topological polar surface area (TPSA) is 48.0 Å².